The van der Waals surface area contributed by atoms with Crippen LogP contribution in [0.25, 0.3) is 0 Å². The third-order valence-electron chi connectivity index (χ3n) is 2.25. The first kappa shape index (κ1) is 11.1. The molecule has 0 radical (unpaired) electrons. The number of methoxy groups -OCH3 is 1. The Morgan fingerprint density at radius 3 is 2.65 bits per heavy atom. The van der Waals surface area contributed by atoms with Crippen molar-refractivity contribution in [1.82, 2.24) is 4.98 Å². The highest BCUT2D eigenvalue weighted by molar-refractivity contribution is 5.62. The molecule has 0 unspecified atom stereocenters. The second-order valence-electron chi connectivity index (χ2n) is 3.48. The first-order valence-corrected chi connectivity index (χ1v) is 5.04. The number of pyridine rings is 1. The third kappa shape index (κ3) is 2.57. The second kappa shape index (κ2) is 4.61. The molecule has 0 fully saturated rings. The number of anilines is 3. The van der Waals surface area contributed by atoms with Crippen molar-refractivity contribution >= 4 is 17.2 Å². The smallest absolute Gasteiger partial charge is 0.147 e. The number of aromatic nitrogens is 1. The number of ether oxygens (including phenoxy) is 1. The average molecular weight is 231 g/mol. The molecule has 5 heteroatoms. The van der Waals surface area contributed by atoms with E-state index >= 15 is 0 Å². The maximum Gasteiger partial charge on any atom is 0.147 e. The molecule has 17 heavy (non-hydrogen) atoms. The minimum absolute atomic E-state index is 0.221. The van der Waals surface area contributed by atoms with E-state index in [2.05, 4.69) is 10.3 Å². The number of nitrogen functional groups attached to an aromatic ring is 1. The Hall–Kier alpha value is -2.43. The molecule has 5 nitrogen and oxygen atoms in total. The van der Waals surface area contributed by atoms with Crippen LogP contribution in [0.2, 0.25) is 0 Å². The van der Waals surface area contributed by atoms with Crippen molar-refractivity contribution in [3.05, 3.63) is 36.5 Å². The van der Waals surface area contributed by atoms with Gasteiger partial charge >= 0.3 is 0 Å². The van der Waals surface area contributed by atoms with Gasteiger partial charge in [-0.25, -0.2) is 4.98 Å². The van der Waals surface area contributed by atoms with Gasteiger partial charge in [0.2, 0.25) is 0 Å². The quantitative estimate of drug-likeness (QED) is 0.705. The van der Waals surface area contributed by atoms with Crippen molar-refractivity contribution in [2.75, 3.05) is 18.2 Å². The largest absolute Gasteiger partial charge is 0.508 e. The molecule has 88 valence electrons. The van der Waals surface area contributed by atoms with Crippen LogP contribution in [-0.2, 0) is 0 Å². The summed E-state index contributed by atoms with van der Waals surface area (Å²) in [5.41, 5.74) is 6.98. The summed E-state index contributed by atoms with van der Waals surface area (Å²) in [4.78, 5) is 4.13. The van der Waals surface area contributed by atoms with Gasteiger partial charge in [-0.2, -0.15) is 0 Å². The molecule has 2 rings (SSSR count). The van der Waals surface area contributed by atoms with E-state index < -0.39 is 0 Å². The lowest BCUT2D eigenvalue weighted by Crippen LogP contribution is -1.97. The highest BCUT2D eigenvalue weighted by Gasteiger charge is 2.02. The number of benzene rings is 1. The molecule has 0 aliphatic carbocycles. The summed E-state index contributed by atoms with van der Waals surface area (Å²) < 4.78 is 5.10. The highest BCUT2D eigenvalue weighted by Crippen LogP contribution is 2.25. The van der Waals surface area contributed by atoms with Crippen LogP contribution in [0.15, 0.2) is 36.5 Å². The molecule has 0 bridgehead atoms. The Morgan fingerprint density at radius 1 is 1.29 bits per heavy atom. The van der Waals surface area contributed by atoms with Gasteiger partial charge in [-0.1, -0.05) is 0 Å². The Balaban J connectivity index is 2.21. The number of phenols is 1. The maximum atomic E-state index is 9.16. The van der Waals surface area contributed by atoms with E-state index in [9.17, 15) is 0 Å². The number of hydrogen-bond acceptors (Lipinski definition) is 5. The van der Waals surface area contributed by atoms with Crippen LogP contribution < -0.4 is 15.8 Å². The lowest BCUT2D eigenvalue weighted by Gasteiger charge is -2.08. The van der Waals surface area contributed by atoms with Crippen LogP contribution >= 0.6 is 0 Å². The van der Waals surface area contributed by atoms with Crippen LogP contribution in [0, 0.1) is 0 Å². The summed E-state index contributed by atoms with van der Waals surface area (Å²) >= 11 is 0. The van der Waals surface area contributed by atoms with E-state index in [1.54, 1.807) is 37.4 Å². The number of aromatic hydroxyl groups is 1. The summed E-state index contributed by atoms with van der Waals surface area (Å²) in [7, 11) is 1.55. The standard InChI is InChI=1S/C12H13N3O2/c1-17-11-6-12(14-7-10(11)13)15-8-2-4-9(16)5-3-8/h2-7,16H,13H2,1H3,(H,14,15). The van der Waals surface area contributed by atoms with E-state index in [1.807, 2.05) is 0 Å². The van der Waals surface area contributed by atoms with Crippen molar-refractivity contribution < 1.29 is 9.84 Å². The molecule has 0 amide bonds. The SMILES string of the molecule is COc1cc(Nc2ccc(O)cc2)ncc1N. The Labute approximate surface area is 98.9 Å². The number of nitrogens with two attached hydrogens (primary N) is 1. The van der Waals surface area contributed by atoms with E-state index in [0.29, 0.717) is 17.3 Å². The van der Waals surface area contributed by atoms with Gasteiger partial charge in [-0.05, 0) is 24.3 Å². The molecule has 1 aromatic heterocycles. The predicted octanol–water partition coefficient (Wildman–Crippen LogP) is 2.12. The van der Waals surface area contributed by atoms with E-state index in [1.165, 1.54) is 6.20 Å². The maximum absolute atomic E-state index is 9.16. The minimum atomic E-state index is 0.221. The van der Waals surface area contributed by atoms with Gasteiger partial charge in [0.15, 0.2) is 0 Å². The monoisotopic (exact) mass is 231 g/mol. The van der Waals surface area contributed by atoms with Crippen molar-refractivity contribution in [3.63, 3.8) is 0 Å². The lowest BCUT2D eigenvalue weighted by molar-refractivity contribution is 0.417. The molecule has 0 atom stereocenters. The molecule has 0 saturated heterocycles. The molecule has 4 N–H and O–H groups in total. The zero-order valence-electron chi connectivity index (χ0n) is 9.34. The summed E-state index contributed by atoms with van der Waals surface area (Å²) in [5.74, 6) is 1.42. The van der Waals surface area contributed by atoms with E-state index in [-0.39, 0.29) is 5.75 Å². The van der Waals surface area contributed by atoms with E-state index in [4.69, 9.17) is 15.6 Å². The summed E-state index contributed by atoms with van der Waals surface area (Å²) in [6.07, 6.45) is 1.53. The number of phenolic OH excluding ortho intramolecular Hbond substituents is 1. The number of hydrogen-bond donors (Lipinski definition) is 3. The molecule has 1 aromatic carbocycles. The molecule has 0 aliphatic heterocycles. The van der Waals surface area contributed by atoms with Gasteiger partial charge < -0.3 is 20.9 Å². The first-order chi connectivity index (χ1) is 8.19. The number of rotatable bonds is 3. The zero-order chi connectivity index (χ0) is 12.3. The molecule has 0 saturated carbocycles. The van der Waals surface area contributed by atoms with Crippen molar-refractivity contribution in [3.8, 4) is 11.5 Å². The van der Waals surface area contributed by atoms with Crippen LogP contribution in [-0.4, -0.2) is 17.2 Å². The van der Waals surface area contributed by atoms with Gasteiger partial charge in [0.05, 0.1) is 19.0 Å². The second-order valence-corrected chi connectivity index (χ2v) is 3.48. The van der Waals surface area contributed by atoms with Crippen LogP contribution in [0.4, 0.5) is 17.2 Å². The summed E-state index contributed by atoms with van der Waals surface area (Å²) in [5, 5.41) is 12.2. The average Bonchev–Trinajstić information content (AvgIpc) is 2.34. The van der Waals surface area contributed by atoms with Gasteiger partial charge in [0.1, 0.15) is 17.3 Å². The molecule has 2 aromatic rings. The fraction of sp³-hybridized carbons (Fsp3) is 0.0833. The molecular weight excluding hydrogens is 218 g/mol. The van der Waals surface area contributed by atoms with Gasteiger partial charge in [0, 0.05) is 11.8 Å². The predicted molar refractivity (Wildman–Crippen MR) is 66.6 cm³/mol. The summed E-state index contributed by atoms with van der Waals surface area (Å²) in [6, 6.07) is 8.40. The molecule has 0 aliphatic rings. The van der Waals surface area contributed by atoms with E-state index in [0.717, 1.165) is 5.69 Å². The molecule has 0 spiro atoms. The Morgan fingerprint density at radius 2 is 2.00 bits per heavy atom. The van der Waals surface area contributed by atoms with Crippen LogP contribution in [0.5, 0.6) is 11.5 Å². The minimum Gasteiger partial charge on any atom is -0.508 e. The highest BCUT2D eigenvalue weighted by atomic mass is 16.5. The normalized spacial score (nSPS) is 9.94. The summed E-state index contributed by atoms with van der Waals surface area (Å²) in [6.45, 7) is 0. The topological polar surface area (TPSA) is 80.4 Å². The van der Waals surface area contributed by atoms with Gasteiger partial charge in [0.25, 0.3) is 0 Å². The van der Waals surface area contributed by atoms with Crippen molar-refractivity contribution in [1.29, 1.82) is 0 Å². The fourth-order valence-corrected chi connectivity index (χ4v) is 1.39. The molecular formula is C12H13N3O2. The Bertz CT molecular complexity index is 512. The van der Waals surface area contributed by atoms with Crippen LogP contribution in [0.1, 0.15) is 0 Å². The zero-order valence-corrected chi connectivity index (χ0v) is 9.34. The van der Waals surface area contributed by atoms with Gasteiger partial charge in [-0.15, -0.1) is 0 Å². The Kier molecular flexibility index (Phi) is 3.00. The van der Waals surface area contributed by atoms with Crippen molar-refractivity contribution in [2.45, 2.75) is 0 Å². The molecule has 1 heterocycles. The third-order valence-corrected chi connectivity index (χ3v) is 2.25. The number of nitrogens with zero attached hydrogens (tertiary/aromatic N) is 1. The number of nitrogens with one attached hydrogen (secondary N) is 1. The van der Waals surface area contributed by atoms with Crippen LogP contribution in [0.3, 0.4) is 0 Å². The van der Waals surface area contributed by atoms with Gasteiger partial charge in [-0.3, -0.25) is 0 Å². The lowest BCUT2D eigenvalue weighted by atomic mass is 10.3. The fourth-order valence-electron chi connectivity index (χ4n) is 1.39. The van der Waals surface area contributed by atoms with Crippen molar-refractivity contribution in [2.24, 2.45) is 0 Å². The first-order valence-electron chi connectivity index (χ1n) is 5.04.